The lowest BCUT2D eigenvalue weighted by atomic mass is 9.97. The van der Waals surface area contributed by atoms with Gasteiger partial charge in [0.25, 0.3) is 0 Å². The third kappa shape index (κ3) is 2.27. The van der Waals surface area contributed by atoms with Crippen molar-refractivity contribution in [2.75, 3.05) is 6.54 Å². The highest BCUT2D eigenvalue weighted by Crippen LogP contribution is 3.02. The molecule has 1 N–H and O–H groups in total. The molecule has 2 heterocycles. The van der Waals surface area contributed by atoms with Crippen LogP contribution in [0.3, 0.4) is 0 Å². The van der Waals surface area contributed by atoms with Crippen LogP contribution in [0.1, 0.15) is 24.4 Å². The van der Waals surface area contributed by atoms with Gasteiger partial charge >= 0.3 is 10.2 Å². The highest BCUT2D eigenvalue weighted by molar-refractivity contribution is 8.45. The van der Waals surface area contributed by atoms with Crippen LogP contribution in [0.25, 0.3) is 0 Å². The van der Waals surface area contributed by atoms with Gasteiger partial charge in [-0.1, -0.05) is 25.5 Å². The molecule has 1 aromatic rings. The van der Waals surface area contributed by atoms with Crippen molar-refractivity contribution < 1.29 is 24.2 Å². The van der Waals surface area contributed by atoms with Crippen molar-refractivity contribution in [1.29, 1.82) is 0 Å². The van der Waals surface area contributed by atoms with Gasteiger partial charge in [-0.15, -0.1) is 0 Å². The standard InChI is InChI=1S/C11H12F5NOS/c12-19(13,14,15,16)7-3-4-8-10(6-7)18-9-2-1-5-17-11(8)9/h3-4,6,9,11,17H,1-2,5H2/t9-,11-/m0/s1. The second-order valence-corrected chi connectivity index (χ2v) is 7.31. The lowest BCUT2D eigenvalue weighted by Crippen LogP contribution is -2.36. The van der Waals surface area contributed by atoms with E-state index in [1.807, 2.05) is 0 Å². The molecule has 0 radical (unpaired) electrons. The monoisotopic (exact) mass is 301 g/mol. The minimum absolute atomic E-state index is 0.0878. The van der Waals surface area contributed by atoms with Crippen LogP contribution in [0, 0.1) is 0 Å². The molecule has 0 amide bonds. The molecule has 2 atom stereocenters. The Bertz CT molecular complexity index is 543. The molecule has 2 aliphatic rings. The van der Waals surface area contributed by atoms with E-state index in [2.05, 4.69) is 5.32 Å². The summed E-state index contributed by atoms with van der Waals surface area (Å²) in [6, 6.07) is 1.77. The Morgan fingerprint density at radius 2 is 1.89 bits per heavy atom. The molecule has 0 aromatic heterocycles. The zero-order valence-corrected chi connectivity index (χ0v) is 10.5. The highest BCUT2D eigenvalue weighted by Gasteiger charge is 2.65. The largest absolute Gasteiger partial charge is 0.488 e. The first-order chi connectivity index (χ1) is 8.54. The van der Waals surface area contributed by atoms with Gasteiger partial charge in [0, 0.05) is 11.6 Å². The Hall–Kier alpha value is -1.02. The minimum Gasteiger partial charge on any atom is -0.488 e. The first-order valence-electron chi connectivity index (χ1n) is 5.83. The van der Waals surface area contributed by atoms with Gasteiger partial charge in [0.15, 0.2) is 0 Å². The molecule has 0 bridgehead atoms. The van der Waals surface area contributed by atoms with Gasteiger partial charge in [-0.25, -0.2) is 0 Å². The minimum atomic E-state index is -9.63. The van der Waals surface area contributed by atoms with E-state index in [9.17, 15) is 19.4 Å². The summed E-state index contributed by atoms with van der Waals surface area (Å²) in [6.45, 7) is 0.743. The molecule has 0 saturated carbocycles. The zero-order valence-electron chi connectivity index (χ0n) is 9.71. The van der Waals surface area contributed by atoms with Gasteiger partial charge in [-0.2, -0.15) is 0 Å². The number of ether oxygens (including phenoxy) is 1. The van der Waals surface area contributed by atoms with E-state index >= 15 is 0 Å². The van der Waals surface area contributed by atoms with Gasteiger partial charge in [0.1, 0.15) is 16.7 Å². The molecule has 1 fully saturated rings. The van der Waals surface area contributed by atoms with Gasteiger partial charge in [0.2, 0.25) is 0 Å². The lowest BCUT2D eigenvalue weighted by Gasteiger charge is -2.40. The van der Waals surface area contributed by atoms with E-state index in [0.717, 1.165) is 19.0 Å². The van der Waals surface area contributed by atoms with Gasteiger partial charge in [0.05, 0.1) is 6.04 Å². The van der Waals surface area contributed by atoms with Gasteiger partial charge in [-0.05, 0) is 25.5 Å². The molecule has 0 aliphatic carbocycles. The number of rotatable bonds is 1. The Balaban J connectivity index is 2.05. The van der Waals surface area contributed by atoms with Crippen molar-refractivity contribution in [3.05, 3.63) is 23.8 Å². The second kappa shape index (κ2) is 3.17. The summed E-state index contributed by atoms with van der Waals surface area (Å²) in [5, 5.41) is 3.13. The first kappa shape index (κ1) is 13.0. The van der Waals surface area contributed by atoms with Gasteiger partial charge in [-0.3, -0.25) is 0 Å². The number of hydrogen-bond acceptors (Lipinski definition) is 2. The number of piperidine rings is 1. The van der Waals surface area contributed by atoms with E-state index in [1.54, 1.807) is 0 Å². The van der Waals surface area contributed by atoms with Crippen LogP contribution < -0.4 is 10.1 Å². The van der Waals surface area contributed by atoms with Crippen molar-refractivity contribution in [2.24, 2.45) is 0 Å². The van der Waals surface area contributed by atoms with Gasteiger partial charge < -0.3 is 10.1 Å². The molecule has 1 saturated heterocycles. The van der Waals surface area contributed by atoms with Crippen molar-refractivity contribution in [2.45, 2.75) is 29.9 Å². The maximum Gasteiger partial charge on any atom is 0.310 e. The van der Waals surface area contributed by atoms with Crippen molar-refractivity contribution >= 4 is 10.2 Å². The summed E-state index contributed by atoms with van der Waals surface area (Å²) in [5.74, 6) is -0.0878. The van der Waals surface area contributed by atoms with E-state index in [4.69, 9.17) is 4.74 Å². The van der Waals surface area contributed by atoms with E-state index in [0.29, 0.717) is 24.1 Å². The van der Waals surface area contributed by atoms with Crippen LogP contribution in [0.4, 0.5) is 19.4 Å². The summed E-state index contributed by atoms with van der Waals surface area (Å²) in [7, 11) is -9.63. The fraction of sp³-hybridized carbons (Fsp3) is 0.455. The first-order valence-corrected chi connectivity index (χ1v) is 7.78. The Morgan fingerprint density at radius 3 is 2.58 bits per heavy atom. The van der Waals surface area contributed by atoms with Crippen molar-refractivity contribution in [3.8, 4) is 5.75 Å². The zero-order chi connectivity index (χ0) is 14.0. The lowest BCUT2D eigenvalue weighted by molar-refractivity contribution is 0.154. The molecular formula is C11H12F5NOS. The fourth-order valence-corrected chi connectivity index (χ4v) is 3.23. The van der Waals surface area contributed by atoms with Crippen LogP contribution in [0.5, 0.6) is 5.75 Å². The quantitative estimate of drug-likeness (QED) is 0.770. The second-order valence-electron chi connectivity index (χ2n) is 4.90. The van der Waals surface area contributed by atoms with Crippen molar-refractivity contribution in [1.82, 2.24) is 5.32 Å². The predicted octanol–water partition coefficient (Wildman–Crippen LogP) is 4.53. The van der Waals surface area contributed by atoms with Crippen molar-refractivity contribution in [3.63, 3.8) is 0 Å². The van der Waals surface area contributed by atoms with E-state index in [1.165, 1.54) is 0 Å². The summed E-state index contributed by atoms with van der Waals surface area (Å²) in [5.41, 5.74) is 0.523. The molecule has 3 rings (SSSR count). The summed E-state index contributed by atoms with van der Waals surface area (Å²) < 4.78 is 68.9. The average molecular weight is 301 g/mol. The highest BCUT2D eigenvalue weighted by atomic mass is 32.5. The molecular weight excluding hydrogens is 289 g/mol. The SMILES string of the molecule is FS(F)(F)(F)(F)c1ccc2c(c1)O[C@H]1CCCN[C@@H]21. The number of benzene rings is 1. The van der Waals surface area contributed by atoms with Crippen LogP contribution in [-0.2, 0) is 0 Å². The molecule has 2 nitrogen and oxygen atoms in total. The summed E-state index contributed by atoms with van der Waals surface area (Å²) in [4.78, 5) is -1.89. The number of hydrogen-bond donors (Lipinski definition) is 1. The number of halogens is 5. The molecule has 0 unspecified atom stereocenters. The number of nitrogens with one attached hydrogen (secondary N) is 1. The molecule has 2 aliphatic heterocycles. The molecule has 0 spiro atoms. The smallest absolute Gasteiger partial charge is 0.310 e. The third-order valence-corrected chi connectivity index (χ3v) is 4.59. The molecule has 19 heavy (non-hydrogen) atoms. The molecule has 8 heteroatoms. The van der Waals surface area contributed by atoms with E-state index < -0.39 is 15.1 Å². The Labute approximate surface area is 106 Å². The maximum absolute atomic E-state index is 12.7. The van der Waals surface area contributed by atoms with Crippen LogP contribution in [0.15, 0.2) is 23.1 Å². The van der Waals surface area contributed by atoms with E-state index in [-0.39, 0.29) is 17.9 Å². The Morgan fingerprint density at radius 1 is 1.16 bits per heavy atom. The fourth-order valence-electron chi connectivity index (χ4n) is 2.57. The molecule has 108 valence electrons. The Kier molecular flexibility index (Phi) is 2.17. The normalized spacial score (nSPS) is 29.7. The third-order valence-electron chi connectivity index (χ3n) is 3.45. The number of fused-ring (bicyclic) bond motifs is 3. The summed E-state index contributed by atoms with van der Waals surface area (Å²) >= 11 is 0. The average Bonchev–Trinajstić information content (AvgIpc) is 2.63. The van der Waals surface area contributed by atoms with Crippen LogP contribution in [-0.4, -0.2) is 12.6 Å². The molecule has 1 aromatic carbocycles. The van der Waals surface area contributed by atoms with Crippen LogP contribution >= 0.6 is 10.2 Å². The van der Waals surface area contributed by atoms with Crippen LogP contribution in [0.2, 0.25) is 0 Å². The maximum atomic E-state index is 12.7. The summed E-state index contributed by atoms with van der Waals surface area (Å²) in [6.07, 6.45) is 1.29. The topological polar surface area (TPSA) is 21.3 Å². The predicted molar refractivity (Wildman–Crippen MR) is 62.2 cm³/mol.